The fraction of sp³-hybridized carbons (Fsp3) is 0.292. The Hall–Kier alpha value is -3.65. The molecule has 1 aliphatic carbocycles. The number of carboxylic acids is 1. The summed E-state index contributed by atoms with van der Waals surface area (Å²) in [7, 11) is 0. The van der Waals surface area contributed by atoms with E-state index < -0.39 is 30.1 Å². The van der Waals surface area contributed by atoms with Crippen molar-refractivity contribution in [3.8, 4) is 11.1 Å². The van der Waals surface area contributed by atoms with Gasteiger partial charge in [-0.1, -0.05) is 54.6 Å². The van der Waals surface area contributed by atoms with E-state index in [4.69, 9.17) is 9.84 Å². The molecular weight excluding hydrogens is 412 g/mol. The molecule has 8 heteroatoms. The Bertz CT molecular complexity index is 960. The minimum Gasteiger partial charge on any atom is -0.480 e. The Balaban J connectivity index is 1.47. The summed E-state index contributed by atoms with van der Waals surface area (Å²) in [6.07, 6.45) is -0.802. The lowest BCUT2D eigenvalue weighted by molar-refractivity contribution is -0.142. The zero-order chi connectivity index (χ0) is 23.1. The number of aliphatic carboxylic acids is 1. The standard InChI is InChI=1S/C24H26N2O6/c1-2-7-21(23(29)30)26-22(28)12-15(27)13-25-24(31)32-14-20-18-10-5-3-8-16(18)17-9-4-6-11-19(17)20/h2-6,8-11,15,20-21,27H,1,7,12-14H2,(H,25,31)(H,26,28)(H,29,30). The molecule has 3 rings (SSSR count). The van der Waals surface area contributed by atoms with Gasteiger partial charge in [0.05, 0.1) is 12.5 Å². The van der Waals surface area contributed by atoms with Crippen LogP contribution >= 0.6 is 0 Å². The van der Waals surface area contributed by atoms with Gasteiger partial charge in [-0.05, 0) is 28.7 Å². The maximum Gasteiger partial charge on any atom is 0.407 e. The second kappa shape index (κ2) is 10.6. The van der Waals surface area contributed by atoms with Crippen LogP contribution in [-0.4, -0.2) is 53.5 Å². The first-order valence-corrected chi connectivity index (χ1v) is 10.3. The van der Waals surface area contributed by atoms with E-state index >= 15 is 0 Å². The minimum absolute atomic E-state index is 0.0647. The lowest BCUT2D eigenvalue weighted by Crippen LogP contribution is -2.43. The lowest BCUT2D eigenvalue weighted by atomic mass is 9.98. The summed E-state index contributed by atoms with van der Waals surface area (Å²) in [6, 6.07) is 14.8. The molecular formula is C24H26N2O6. The second-order valence-electron chi connectivity index (χ2n) is 7.55. The topological polar surface area (TPSA) is 125 Å². The van der Waals surface area contributed by atoms with E-state index in [1.807, 2.05) is 48.5 Å². The average Bonchev–Trinajstić information content (AvgIpc) is 3.09. The molecule has 1 aliphatic rings. The molecule has 2 atom stereocenters. The van der Waals surface area contributed by atoms with Crippen LogP contribution in [0.3, 0.4) is 0 Å². The van der Waals surface area contributed by atoms with Crippen molar-refractivity contribution in [3.05, 3.63) is 72.3 Å². The first kappa shape index (κ1) is 23.0. The van der Waals surface area contributed by atoms with Gasteiger partial charge in [-0.2, -0.15) is 0 Å². The average molecular weight is 438 g/mol. The maximum atomic E-state index is 12.1. The number of ether oxygens (including phenoxy) is 1. The van der Waals surface area contributed by atoms with Crippen molar-refractivity contribution in [1.29, 1.82) is 0 Å². The monoisotopic (exact) mass is 438 g/mol. The van der Waals surface area contributed by atoms with Crippen molar-refractivity contribution in [2.24, 2.45) is 0 Å². The molecule has 8 nitrogen and oxygen atoms in total. The summed E-state index contributed by atoms with van der Waals surface area (Å²) in [5.41, 5.74) is 4.42. The molecule has 0 aliphatic heterocycles. The molecule has 2 unspecified atom stereocenters. The van der Waals surface area contributed by atoms with Gasteiger partial charge in [-0.25, -0.2) is 9.59 Å². The van der Waals surface area contributed by atoms with Gasteiger partial charge in [0.2, 0.25) is 5.91 Å². The van der Waals surface area contributed by atoms with Crippen LogP contribution in [-0.2, 0) is 14.3 Å². The number of hydrogen-bond acceptors (Lipinski definition) is 5. The van der Waals surface area contributed by atoms with Crippen molar-refractivity contribution in [2.75, 3.05) is 13.2 Å². The summed E-state index contributed by atoms with van der Waals surface area (Å²) in [5, 5.41) is 23.8. The lowest BCUT2D eigenvalue weighted by Gasteiger charge is -2.17. The first-order chi connectivity index (χ1) is 15.4. The van der Waals surface area contributed by atoms with Gasteiger partial charge in [0, 0.05) is 12.5 Å². The van der Waals surface area contributed by atoms with Gasteiger partial charge in [0.1, 0.15) is 12.6 Å². The Kier molecular flexibility index (Phi) is 7.62. The molecule has 2 aromatic carbocycles. The van der Waals surface area contributed by atoms with E-state index in [-0.39, 0.29) is 31.9 Å². The second-order valence-corrected chi connectivity index (χ2v) is 7.55. The van der Waals surface area contributed by atoms with E-state index in [0.717, 1.165) is 22.3 Å². The van der Waals surface area contributed by atoms with Gasteiger partial charge in [0.25, 0.3) is 0 Å². The molecule has 4 N–H and O–H groups in total. The maximum absolute atomic E-state index is 12.1. The molecule has 0 bridgehead atoms. The highest BCUT2D eigenvalue weighted by molar-refractivity contribution is 5.84. The number of nitrogens with one attached hydrogen (secondary N) is 2. The van der Waals surface area contributed by atoms with Crippen LogP contribution in [0.5, 0.6) is 0 Å². The first-order valence-electron chi connectivity index (χ1n) is 10.3. The number of carbonyl (C=O) groups is 3. The van der Waals surface area contributed by atoms with Crippen LogP contribution in [0, 0.1) is 0 Å². The molecule has 0 saturated carbocycles. The number of hydrogen-bond donors (Lipinski definition) is 4. The quantitative estimate of drug-likeness (QED) is 0.422. The van der Waals surface area contributed by atoms with Crippen LogP contribution in [0.25, 0.3) is 11.1 Å². The molecule has 0 fully saturated rings. The van der Waals surface area contributed by atoms with Crippen molar-refractivity contribution in [2.45, 2.75) is 30.9 Å². The number of carboxylic acid groups (broad SMARTS) is 1. The number of amides is 2. The number of rotatable bonds is 10. The van der Waals surface area contributed by atoms with Crippen LogP contribution in [0.4, 0.5) is 4.79 Å². The van der Waals surface area contributed by atoms with E-state index in [2.05, 4.69) is 17.2 Å². The van der Waals surface area contributed by atoms with E-state index in [0.29, 0.717) is 0 Å². The Morgan fingerprint density at radius 3 is 2.22 bits per heavy atom. The molecule has 0 aromatic heterocycles. The molecule has 0 heterocycles. The van der Waals surface area contributed by atoms with Crippen LogP contribution < -0.4 is 10.6 Å². The van der Waals surface area contributed by atoms with Gasteiger partial charge < -0.3 is 25.6 Å². The summed E-state index contributed by atoms with van der Waals surface area (Å²) in [4.78, 5) is 35.1. The van der Waals surface area contributed by atoms with E-state index in [1.54, 1.807) is 0 Å². The fourth-order valence-corrected chi connectivity index (χ4v) is 3.78. The third-order valence-electron chi connectivity index (χ3n) is 5.28. The van der Waals surface area contributed by atoms with Crippen LogP contribution in [0.15, 0.2) is 61.2 Å². The third-order valence-corrected chi connectivity index (χ3v) is 5.28. The highest BCUT2D eigenvalue weighted by atomic mass is 16.5. The molecule has 2 amide bonds. The van der Waals surface area contributed by atoms with Crippen LogP contribution in [0.1, 0.15) is 29.9 Å². The molecule has 0 radical (unpaired) electrons. The van der Waals surface area contributed by atoms with Gasteiger partial charge in [-0.3, -0.25) is 4.79 Å². The highest BCUT2D eigenvalue weighted by Gasteiger charge is 2.29. The van der Waals surface area contributed by atoms with Gasteiger partial charge in [-0.15, -0.1) is 6.58 Å². The fourth-order valence-electron chi connectivity index (χ4n) is 3.78. The molecule has 168 valence electrons. The smallest absolute Gasteiger partial charge is 0.407 e. The normalized spacial score (nSPS) is 13.9. The predicted octanol–water partition coefficient (Wildman–Crippen LogP) is 2.42. The summed E-state index contributed by atoms with van der Waals surface area (Å²) < 4.78 is 5.37. The van der Waals surface area contributed by atoms with Gasteiger partial charge >= 0.3 is 12.1 Å². The van der Waals surface area contributed by atoms with E-state index in [1.165, 1.54) is 6.08 Å². The molecule has 0 saturated heterocycles. The Morgan fingerprint density at radius 2 is 1.66 bits per heavy atom. The molecule has 2 aromatic rings. The van der Waals surface area contributed by atoms with Crippen molar-refractivity contribution in [3.63, 3.8) is 0 Å². The van der Waals surface area contributed by atoms with Crippen molar-refractivity contribution >= 4 is 18.0 Å². The predicted molar refractivity (Wildman–Crippen MR) is 118 cm³/mol. The highest BCUT2D eigenvalue weighted by Crippen LogP contribution is 2.44. The van der Waals surface area contributed by atoms with Gasteiger partial charge in [0.15, 0.2) is 0 Å². The number of fused-ring (bicyclic) bond motifs is 3. The molecule has 0 spiro atoms. The van der Waals surface area contributed by atoms with E-state index in [9.17, 15) is 19.5 Å². The summed E-state index contributed by atoms with van der Waals surface area (Å²) in [6.45, 7) is 3.38. The number of aliphatic hydroxyl groups is 1. The third kappa shape index (κ3) is 5.53. The number of aliphatic hydroxyl groups excluding tert-OH is 1. The van der Waals surface area contributed by atoms with Crippen LogP contribution in [0.2, 0.25) is 0 Å². The zero-order valence-electron chi connectivity index (χ0n) is 17.5. The summed E-state index contributed by atoms with van der Waals surface area (Å²) in [5.74, 6) is -1.91. The SMILES string of the molecule is C=CCC(NC(=O)CC(O)CNC(=O)OCC1c2ccccc2-c2ccccc21)C(=O)O. The zero-order valence-corrected chi connectivity index (χ0v) is 17.5. The largest absolute Gasteiger partial charge is 0.480 e. The Labute approximate surface area is 185 Å². The minimum atomic E-state index is -1.19. The number of benzene rings is 2. The molecule has 32 heavy (non-hydrogen) atoms. The number of carbonyl (C=O) groups excluding carboxylic acids is 2. The number of alkyl carbamates (subject to hydrolysis) is 1. The Morgan fingerprint density at radius 1 is 1.06 bits per heavy atom. The summed E-state index contributed by atoms with van der Waals surface area (Å²) >= 11 is 0. The van der Waals surface area contributed by atoms with Crippen molar-refractivity contribution < 1.29 is 29.3 Å². The van der Waals surface area contributed by atoms with Crippen molar-refractivity contribution in [1.82, 2.24) is 10.6 Å².